The molecule has 6 aliphatic rings. The molecule has 0 radical (unpaired) electrons. The van der Waals surface area contributed by atoms with Gasteiger partial charge in [-0.15, -0.1) is 0 Å². The highest BCUT2D eigenvalue weighted by Crippen LogP contribution is 2.54. The van der Waals surface area contributed by atoms with Crippen molar-refractivity contribution in [2.45, 2.75) is 231 Å². The number of ether oxygens (including phenoxy) is 4. The van der Waals surface area contributed by atoms with E-state index in [2.05, 4.69) is 121 Å². The molecule has 9 heterocycles. The van der Waals surface area contributed by atoms with E-state index in [1.54, 1.807) is 18.7 Å². The first-order valence-corrected chi connectivity index (χ1v) is 48.4. The lowest BCUT2D eigenvalue weighted by Gasteiger charge is -2.27. The molecule has 3 amide bonds. The summed E-state index contributed by atoms with van der Waals surface area (Å²) in [6.45, 7) is 27.8. The van der Waals surface area contributed by atoms with E-state index in [0.29, 0.717) is 64.3 Å². The topological polar surface area (TPSA) is 325 Å². The lowest BCUT2D eigenvalue weighted by atomic mass is 9.75. The van der Waals surface area contributed by atoms with Gasteiger partial charge in [0, 0.05) is 138 Å². The molecule has 0 saturated heterocycles. The van der Waals surface area contributed by atoms with Crippen LogP contribution in [0.2, 0.25) is 51.4 Å². The lowest BCUT2D eigenvalue weighted by molar-refractivity contribution is -0.151. The Morgan fingerprint density at radius 3 is 1.20 bits per heavy atom. The van der Waals surface area contributed by atoms with E-state index in [9.17, 15) is 44.4 Å². The average Bonchev–Trinajstić information content (AvgIpc) is 1.57. The van der Waals surface area contributed by atoms with Gasteiger partial charge in [0.2, 0.25) is 17.7 Å². The van der Waals surface area contributed by atoms with Gasteiger partial charge in [-0.3, -0.25) is 29.1 Å². The second-order valence-electron chi connectivity index (χ2n) is 33.8. The third kappa shape index (κ3) is 15.6. The van der Waals surface area contributed by atoms with Gasteiger partial charge in [-0.25, -0.2) is 9.36 Å². The standard InChI is InChI=1S/C33H46N4O6Si.C29H42N4O4Si.C23H28N4O3/c1-7-13-37-27-16-24-23-12-10-11-22-20-36(21-41-14-15-44(4,5)6)35-30(22)31(23)34-26(24)17-25(27)33(32(37)40,18-28(38)42-8-2)19-29(39)43-9-3;1-5-11-33-25-16-22-21-8-6-7-20-18-32(19-37-14-15-38(2,3)4)31-26(20)27(21)30-24(22)17-23(25)29(9-12-34,10-13-35)28(33)36;1-2-8-27-19-11-16-15-5-3-4-14-13-24-26-20(14)21(15)25-18(16)12-17(19)23(6-9-28,7-10-29)22(27)30/h16-17,20,34H,7-15,18-19,21H2,1-6H3;16-18,30,34-35H,5-15,19H2,1-4H3;11-13,25,28-29H,2-10H2,1H3,(H,24,26). The Morgan fingerprint density at radius 2 is 0.830 bits per heavy atom. The number of H-pyrrole nitrogens is 4. The van der Waals surface area contributed by atoms with Crippen molar-refractivity contribution in [1.82, 2.24) is 44.7 Å². The van der Waals surface area contributed by atoms with E-state index < -0.39 is 44.3 Å². The predicted octanol–water partition coefficient (Wildman–Crippen LogP) is 13.1. The highest BCUT2D eigenvalue weighted by molar-refractivity contribution is 6.76. The SMILES string of the molecule is CCCN1C(=O)C(CC(=O)OCC)(CC(=O)OCC)c2cc3[nH]c4c(c3cc21)CCCc1cn(COCC[Si](C)(C)C)nc1-4.CCCN1C(=O)C(CCO)(CCO)c2cc3[nH]c4c(c3cc21)CCCc1cn(COCC[Si](C)(C)C)nc1-4.CCCN1C(=O)C(CCO)(CCO)c2cc3[nH]c4c(c3cc21)CCCc1cn[nH]c1-4. The van der Waals surface area contributed by atoms with Crippen LogP contribution in [0.15, 0.2) is 55.0 Å². The van der Waals surface area contributed by atoms with Gasteiger partial charge in [0.15, 0.2) is 0 Å². The summed E-state index contributed by atoms with van der Waals surface area (Å²) >= 11 is 0. The fourth-order valence-electron chi connectivity index (χ4n) is 18.2. The van der Waals surface area contributed by atoms with Crippen LogP contribution in [-0.4, -0.2) is 183 Å². The number of fused-ring (bicyclic) bond motifs is 18. The number of aliphatic hydroxyl groups is 4. The van der Waals surface area contributed by atoms with Gasteiger partial charge < -0.3 is 69.0 Å². The summed E-state index contributed by atoms with van der Waals surface area (Å²) in [5.41, 5.74) is 18.1. The first-order valence-electron chi connectivity index (χ1n) is 41.0. The number of amides is 3. The molecular weight excluding hydrogens is 1450 g/mol. The number of nitrogens with zero attached hydrogens (tertiary/aromatic N) is 8. The van der Waals surface area contributed by atoms with Crippen molar-refractivity contribution in [2.24, 2.45) is 0 Å². The zero-order valence-electron chi connectivity index (χ0n) is 67.6. The van der Waals surface area contributed by atoms with Gasteiger partial charge in [-0.2, -0.15) is 15.3 Å². The normalized spacial score (nSPS) is 16.3. The molecule has 0 atom stereocenters. The van der Waals surface area contributed by atoms with Gasteiger partial charge in [-0.05, 0) is 215 Å². The monoisotopic (exact) mass is 1570 g/mol. The molecule has 25 nitrogen and oxygen atoms in total. The largest absolute Gasteiger partial charge is 0.466 e. The Morgan fingerprint density at radius 1 is 0.473 bits per heavy atom. The lowest BCUT2D eigenvalue weighted by Crippen LogP contribution is -2.44. The second-order valence-corrected chi connectivity index (χ2v) is 45.0. The van der Waals surface area contributed by atoms with E-state index in [-0.39, 0.29) is 70.2 Å². The minimum atomic E-state index is -1.40. The van der Waals surface area contributed by atoms with Crippen LogP contribution in [0.5, 0.6) is 0 Å². The van der Waals surface area contributed by atoms with Crippen molar-refractivity contribution < 1.29 is 63.3 Å². The van der Waals surface area contributed by atoms with Crippen LogP contribution in [0, 0.1) is 0 Å². The maximum Gasteiger partial charge on any atom is 0.307 e. The number of benzene rings is 3. The molecule has 0 spiro atoms. The van der Waals surface area contributed by atoms with E-state index in [1.165, 1.54) is 33.4 Å². The molecule has 3 aliphatic heterocycles. The summed E-state index contributed by atoms with van der Waals surface area (Å²) in [6, 6.07) is 14.7. The van der Waals surface area contributed by atoms with Crippen molar-refractivity contribution in [3.8, 4) is 34.2 Å². The molecule has 0 unspecified atom stereocenters. The molecule has 0 saturated carbocycles. The maximum atomic E-state index is 14.2. The molecule has 3 aliphatic carbocycles. The van der Waals surface area contributed by atoms with Crippen molar-refractivity contribution in [1.29, 1.82) is 0 Å². The number of aromatic nitrogens is 9. The summed E-state index contributed by atoms with van der Waals surface area (Å²) in [7, 11) is -2.31. The zero-order valence-corrected chi connectivity index (χ0v) is 69.6. The predicted molar refractivity (Wildman–Crippen MR) is 441 cm³/mol. The Labute approximate surface area is 657 Å². The van der Waals surface area contributed by atoms with Crippen LogP contribution in [0.3, 0.4) is 0 Å². The fraction of sp³-hybridized carbons (Fsp3) is 0.553. The van der Waals surface area contributed by atoms with Crippen molar-refractivity contribution in [2.75, 3.05) is 87.2 Å². The van der Waals surface area contributed by atoms with E-state index in [1.807, 2.05) is 38.4 Å². The number of rotatable bonds is 30. The Kier molecular flexibility index (Phi) is 24.6. The number of esters is 2. The molecule has 3 aromatic carbocycles. The van der Waals surface area contributed by atoms with Crippen LogP contribution in [0.4, 0.5) is 17.1 Å². The molecule has 8 N–H and O–H groups in total. The fourth-order valence-corrected chi connectivity index (χ4v) is 19.7. The Bertz CT molecular complexity index is 4920. The molecule has 112 heavy (non-hydrogen) atoms. The molecule has 0 bridgehead atoms. The molecule has 9 aromatic rings. The highest BCUT2D eigenvalue weighted by atomic mass is 28.3. The number of nitrogens with one attached hydrogen (secondary N) is 4. The highest BCUT2D eigenvalue weighted by Gasteiger charge is 2.55. The summed E-state index contributed by atoms with van der Waals surface area (Å²) in [5.74, 6) is -1.30. The van der Waals surface area contributed by atoms with Crippen LogP contribution in [-0.2, 0) is 111 Å². The maximum absolute atomic E-state index is 14.2. The van der Waals surface area contributed by atoms with Crippen LogP contribution in [0.25, 0.3) is 66.9 Å². The summed E-state index contributed by atoms with van der Waals surface area (Å²) < 4.78 is 26.4. The average molecular weight is 1570 g/mol. The first kappa shape index (κ1) is 81.5. The number of anilines is 3. The number of hydrogen-bond acceptors (Lipinski definition) is 16. The van der Waals surface area contributed by atoms with Gasteiger partial charge in [0.1, 0.15) is 24.8 Å². The third-order valence-corrected chi connectivity index (χ3v) is 27.0. The quantitative estimate of drug-likeness (QED) is 0.0118. The van der Waals surface area contributed by atoms with Gasteiger partial charge in [0.05, 0.1) is 71.3 Å². The van der Waals surface area contributed by atoms with Gasteiger partial charge >= 0.3 is 11.9 Å². The van der Waals surface area contributed by atoms with Gasteiger partial charge in [0.25, 0.3) is 0 Å². The Balaban J connectivity index is 0.000000150. The van der Waals surface area contributed by atoms with E-state index in [4.69, 9.17) is 29.1 Å². The number of aliphatic hydroxyl groups excluding tert-OH is 4. The van der Waals surface area contributed by atoms with Crippen molar-refractivity contribution in [3.05, 3.63) is 105 Å². The number of carbonyl (C=O) groups excluding carboxylic acids is 5. The second kappa shape index (κ2) is 33.9. The summed E-state index contributed by atoms with van der Waals surface area (Å²) in [5, 5.41) is 59.9. The minimum absolute atomic E-state index is 0.00273. The first-order chi connectivity index (χ1) is 53.9. The van der Waals surface area contributed by atoms with E-state index >= 15 is 0 Å². The summed E-state index contributed by atoms with van der Waals surface area (Å²) in [4.78, 5) is 83.6. The minimum Gasteiger partial charge on any atom is -0.466 e. The number of aromatic amines is 4. The zero-order chi connectivity index (χ0) is 79.6. The van der Waals surface area contributed by atoms with Crippen LogP contribution < -0.4 is 14.7 Å². The number of aryl methyl sites for hydroxylation is 6. The molecule has 0 fully saturated rings. The smallest absolute Gasteiger partial charge is 0.307 e. The van der Waals surface area contributed by atoms with Crippen molar-refractivity contribution in [3.63, 3.8) is 0 Å². The number of hydrogen-bond donors (Lipinski definition) is 8. The molecule has 602 valence electrons. The summed E-state index contributed by atoms with van der Waals surface area (Å²) in [6.07, 6.45) is 18.0. The van der Waals surface area contributed by atoms with E-state index in [0.717, 1.165) is 197 Å². The number of carbonyl (C=O) groups is 5. The molecular formula is C85H116N12O13Si2. The molecule has 15 rings (SSSR count). The van der Waals surface area contributed by atoms with Crippen molar-refractivity contribution >= 4 is 95.6 Å². The molecule has 27 heteroatoms. The Hall–Kier alpha value is -8.55. The van der Waals surface area contributed by atoms with Gasteiger partial charge in [-0.1, -0.05) is 60.1 Å². The third-order valence-electron chi connectivity index (χ3n) is 23.6. The van der Waals surface area contributed by atoms with Crippen LogP contribution in [0.1, 0.15) is 162 Å². The molecule has 6 aromatic heterocycles. The van der Waals surface area contributed by atoms with Crippen LogP contribution >= 0.6 is 0 Å².